The molecule has 98 valence electrons. The van der Waals surface area contributed by atoms with Gasteiger partial charge in [0.1, 0.15) is 0 Å². The molecule has 17 heavy (non-hydrogen) atoms. The normalized spacial score (nSPS) is 34.6. The standard InChI is InChI=1S/C13H24N2O2/c1-10-6-12(7-10,8-14)11(16)15-9-13(17-2)4-3-5-13/h10H,3-9,14H2,1-2H3,(H,15,16). The van der Waals surface area contributed by atoms with Crippen LogP contribution in [0.3, 0.4) is 0 Å². The number of ether oxygens (including phenoxy) is 1. The van der Waals surface area contributed by atoms with Gasteiger partial charge in [-0.2, -0.15) is 0 Å². The van der Waals surface area contributed by atoms with Crippen LogP contribution >= 0.6 is 0 Å². The smallest absolute Gasteiger partial charge is 0.227 e. The number of nitrogens with two attached hydrogens (primary N) is 1. The maximum absolute atomic E-state index is 12.2. The molecule has 0 aromatic carbocycles. The molecule has 4 heteroatoms. The molecule has 3 N–H and O–H groups in total. The number of rotatable bonds is 5. The first-order valence-corrected chi connectivity index (χ1v) is 6.59. The molecule has 0 aromatic heterocycles. The summed E-state index contributed by atoms with van der Waals surface area (Å²) in [6.45, 7) is 3.27. The largest absolute Gasteiger partial charge is 0.376 e. The first-order chi connectivity index (χ1) is 8.06. The van der Waals surface area contributed by atoms with Gasteiger partial charge in [-0.3, -0.25) is 4.79 Å². The molecule has 0 aliphatic heterocycles. The quantitative estimate of drug-likeness (QED) is 0.755. The van der Waals surface area contributed by atoms with Gasteiger partial charge in [-0.25, -0.2) is 0 Å². The third-order valence-corrected chi connectivity index (χ3v) is 4.62. The van der Waals surface area contributed by atoms with Crippen LogP contribution in [0.25, 0.3) is 0 Å². The van der Waals surface area contributed by atoms with Crippen molar-refractivity contribution in [3.8, 4) is 0 Å². The number of amides is 1. The molecule has 4 nitrogen and oxygen atoms in total. The molecule has 0 saturated heterocycles. The Labute approximate surface area is 103 Å². The van der Waals surface area contributed by atoms with Crippen LogP contribution in [0.1, 0.15) is 39.0 Å². The van der Waals surface area contributed by atoms with Crippen molar-refractivity contribution >= 4 is 5.91 Å². The Bertz CT molecular complexity index is 288. The number of carbonyl (C=O) groups excluding carboxylic acids is 1. The third kappa shape index (κ3) is 2.20. The molecule has 0 unspecified atom stereocenters. The monoisotopic (exact) mass is 240 g/mol. The number of carbonyl (C=O) groups is 1. The van der Waals surface area contributed by atoms with Crippen molar-refractivity contribution in [1.82, 2.24) is 5.32 Å². The van der Waals surface area contributed by atoms with Crippen molar-refractivity contribution in [3.05, 3.63) is 0 Å². The Kier molecular flexibility index (Phi) is 3.46. The summed E-state index contributed by atoms with van der Waals surface area (Å²) in [4.78, 5) is 12.2. The highest BCUT2D eigenvalue weighted by Crippen LogP contribution is 2.45. The van der Waals surface area contributed by atoms with E-state index in [2.05, 4.69) is 12.2 Å². The Morgan fingerprint density at radius 2 is 2.12 bits per heavy atom. The molecule has 1 amide bonds. The molecular weight excluding hydrogens is 216 g/mol. The van der Waals surface area contributed by atoms with E-state index in [1.807, 2.05) is 0 Å². The van der Waals surface area contributed by atoms with Crippen LogP contribution in [0.4, 0.5) is 0 Å². The van der Waals surface area contributed by atoms with E-state index in [0.717, 1.165) is 25.7 Å². The molecule has 0 spiro atoms. The fourth-order valence-corrected chi connectivity index (χ4v) is 3.17. The van der Waals surface area contributed by atoms with Crippen LogP contribution in [0, 0.1) is 11.3 Å². The minimum absolute atomic E-state index is 0.0964. The van der Waals surface area contributed by atoms with Gasteiger partial charge in [0.15, 0.2) is 0 Å². The lowest BCUT2D eigenvalue weighted by Crippen LogP contribution is -2.57. The molecule has 0 radical (unpaired) electrons. The summed E-state index contributed by atoms with van der Waals surface area (Å²) < 4.78 is 5.50. The molecule has 2 saturated carbocycles. The van der Waals surface area contributed by atoms with Crippen LogP contribution in [-0.4, -0.2) is 31.7 Å². The van der Waals surface area contributed by atoms with E-state index in [-0.39, 0.29) is 16.9 Å². The minimum Gasteiger partial charge on any atom is -0.376 e. The number of methoxy groups -OCH3 is 1. The molecule has 0 bridgehead atoms. The molecule has 2 fully saturated rings. The maximum atomic E-state index is 12.2. The fraction of sp³-hybridized carbons (Fsp3) is 0.923. The molecule has 0 aromatic rings. The highest BCUT2D eigenvalue weighted by Gasteiger charge is 2.48. The second kappa shape index (κ2) is 4.58. The predicted octanol–water partition coefficient (Wildman–Crippen LogP) is 1.05. The van der Waals surface area contributed by atoms with Crippen molar-refractivity contribution in [2.45, 2.75) is 44.6 Å². The fourth-order valence-electron chi connectivity index (χ4n) is 3.17. The summed E-state index contributed by atoms with van der Waals surface area (Å²) in [5, 5.41) is 3.05. The average Bonchev–Trinajstić information content (AvgIpc) is 2.23. The lowest BCUT2D eigenvalue weighted by Gasteiger charge is -2.46. The van der Waals surface area contributed by atoms with Crippen molar-refractivity contribution in [3.63, 3.8) is 0 Å². The topological polar surface area (TPSA) is 64.3 Å². The van der Waals surface area contributed by atoms with Crippen molar-refractivity contribution in [1.29, 1.82) is 0 Å². The summed E-state index contributed by atoms with van der Waals surface area (Å²) in [6, 6.07) is 0. The first-order valence-electron chi connectivity index (χ1n) is 6.59. The van der Waals surface area contributed by atoms with Gasteiger partial charge in [-0.1, -0.05) is 6.92 Å². The summed E-state index contributed by atoms with van der Waals surface area (Å²) in [5.74, 6) is 0.755. The number of hydrogen-bond acceptors (Lipinski definition) is 3. The summed E-state index contributed by atoms with van der Waals surface area (Å²) in [7, 11) is 1.73. The lowest BCUT2D eigenvalue weighted by molar-refractivity contribution is -0.141. The van der Waals surface area contributed by atoms with E-state index in [9.17, 15) is 4.79 Å². The van der Waals surface area contributed by atoms with Crippen LogP contribution in [0.5, 0.6) is 0 Å². The van der Waals surface area contributed by atoms with E-state index < -0.39 is 0 Å². The zero-order valence-electron chi connectivity index (χ0n) is 10.9. The Hall–Kier alpha value is -0.610. The van der Waals surface area contributed by atoms with Crippen molar-refractivity contribution < 1.29 is 9.53 Å². The van der Waals surface area contributed by atoms with E-state index >= 15 is 0 Å². The highest BCUT2D eigenvalue weighted by atomic mass is 16.5. The first kappa shape index (κ1) is 12.8. The zero-order valence-corrected chi connectivity index (χ0v) is 10.9. The molecule has 2 aliphatic carbocycles. The number of nitrogens with one attached hydrogen (secondary N) is 1. The van der Waals surface area contributed by atoms with Crippen LogP contribution in [-0.2, 0) is 9.53 Å². The molecule has 0 atom stereocenters. The van der Waals surface area contributed by atoms with E-state index in [4.69, 9.17) is 10.5 Å². The van der Waals surface area contributed by atoms with Gasteiger partial charge in [0, 0.05) is 20.2 Å². The molecule has 0 heterocycles. The second-order valence-corrected chi connectivity index (χ2v) is 5.92. The lowest BCUT2D eigenvalue weighted by atomic mass is 9.62. The van der Waals surface area contributed by atoms with Gasteiger partial charge >= 0.3 is 0 Å². The van der Waals surface area contributed by atoms with Crippen LogP contribution in [0.2, 0.25) is 0 Å². The molecule has 2 rings (SSSR count). The highest BCUT2D eigenvalue weighted by molar-refractivity contribution is 5.84. The zero-order chi connectivity index (χ0) is 12.5. The van der Waals surface area contributed by atoms with E-state index in [0.29, 0.717) is 19.0 Å². The van der Waals surface area contributed by atoms with Gasteiger partial charge in [-0.15, -0.1) is 0 Å². The molecular formula is C13H24N2O2. The minimum atomic E-state index is -0.294. The Morgan fingerprint density at radius 3 is 2.47 bits per heavy atom. The summed E-state index contributed by atoms with van der Waals surface area (Å²) >= 11 is 0. The summed E-state index contributed by atoms with van der Waals surface area (Å²) in [6.07, 6.45) is 5.15. The van der Waals surface area contributed by atoms with Gasteiger partial charge in [0.05, 0.1) is 11.0 Å². The van der Waals surface area contributed by atoms with Crippen LogP contribution < -0.4 is 11.1 Å². The summed E-state index contributed by atoms with van der Waals surface area (Å²) in [5.41, 5.74) is 5.37. The SMILES string of the molecule is COC1(CNC(=O)C2(CN)CC(C)C2)CCC1. The maximum Gasteiger partial charge on any atom is 0.227 e. The van der Waals surface area contributed by atoms with E-state index in [1.165, 1.54) is 6.42 Å². The van der Waals surface area contributed by atoms with Gasteiger partial charge < -0.3 is 15.8 Å². The molecule has 2 aliphatic rings. The Balaban J connectivity index is 1.84. The average molecular weight is 240 g/mol. The number of hydrogen-bond donors (Lipinski definition) is 2. The van der Waals surface area contributed by atoms with Gasteiger partial charge in [0.2, 0.25) is 5.91 Å². The van der Waals surface area contributed by atoms with Gasteiger partial charge in [0.25, 0.3) is 0 Å². The predicted molar refractivity (Wildman–Crippen MR) is 66.5 cm³/mol. The van der Waals surface area contributed by atoms with Gasteiger partial charge in [-0.05, 0) is 38.0 Å². The van der Waals surface area contributed by atoms with Crippen LogP contribution in [0.15, 0.2) is 0 Å². The van der Waals surface area contributed by atoms with Crippen molar-refractivity contribution in [2.24, 2.45) is 17.1 Å². The Morgan fingerprint density at radius 1 is 1.47 bits per heavy atom. The second-order valence-electron chi connectivity index (χ2n) is 5.92. The van der Waals surface area contributed by atoms with Crippen molar-refractivity contribution in [2.75, 3.05) is 20.2 Å². The third-order valence-electron chi connectivity index (χ3n) is 4.62. The van der Waals surface area contributed by atoms with E-state index in [1.54, 1.807) is 7.11 Å².